The first-order chi connectivity index (χ1) is 9.88. The minimum absolute atomic E-state index is 0.0289. The molecule has 0 aliphatic rings. The highest BCUT2D eigenvalue weighted by atomic mass is 32.2. The summed E-state index contributed by atoms with van der Waals surface area (Å²) in [6.45, 7) is 1.62. The fraction of sp³-hybridized carbons (Fsp3) is 0.364. The number of thioether (sulfide) groups is 1. The van der Waals surface area contributed by atoms with Gasteiger partial charge < -0.3 is 15.1 Å². The van der Waals surface area contributed by atoms with Gasteiger partial charge in [-0.25, -0.2) is 4.79 Å². The molecule has 0 aromatic carbocycles. The van der Waals surface area contributed by atoms with Crippen LogP contribution in [-0.2, 0) is 18.3 Å². The van der Waals surface area contributed by atoms with Crippen molar-refractivity contribution in [1.82, 2.24) is 19.7 Å². The molecule has 0 saturated heterocycles. The van der Waals surface area contributed by atoms with Gasteiger partial charge in [0.15, 0.2) is 0 Å². The van der Waals surface area contributed by atoms with Crippen LogP contribution in [0.4, 0.5) is 0 Å². The minimum Gasteiger partial charge on any atom is -0.416 e. The van der Waals surface area contributed by atoms with Crippen LogP contribution in [0.1, 0.15) is 17.1 Å². The highest BCUT2D eigenvalue weighted by Crippen LogP contribution is 2.16. The van der Waals surface area contributed by atoms with E-state index in [0.29, 0.717) is 11.3 Å². The number of nitrogens with zero attached hydrogens (tertiary/aromatic N) is 3. The SMILES string of the molecule is Cc1[nH]c(=O)n(C)c(=O)c1Cc1nnc(SCC(N)=O)o1. The first-order valence-corrected chi connectivity index (χ1v) is 6.89. The number of aromatic nitrogens is 4. The quantitative estimate of drug-likeness (QED) is 0.671. The number of carbonyl (C=O) groups is 1. The number of hydrogen-bond donors (Lipinski definition) is 2. The third kappa shape index (κ3) is 3.40. The molecule has 2 aromatic rings. The van der Waals surface area contributed by atoms with Crippen LogP contribution >= 0.6 is 11.8 Å². The number of H-pyrrole nitrogens is 1. The monoisotopic (exact) mass is 311 g/mol. The molecule has 0 atom stereocenters. The fourth-order valence-corrected chi connectivity index (χ4v) is 2.15. The number of primary amides is 1. The van der Waals surface area contributed by atoms with Crippen molar-refractivity contribution in [3.05, 3.63) is 38.0 Å². The number of hydrogen-bond acceptors (Lipinski definition) is 7. The van der Waals surface area contributed by atoms with Gasteiger partial charge in [-0.05, 0) is 6.92 Å². The summed E-state index contributed by atoms with van der Waals surface area (Å²) in [5.41, 5.74) is 4.94. The predicted octanol–water partition coefficient (Wildman–Crippen LogP) is -1.07. The zero-order valence-corrected chi connectivity index (χ0v) is 12.2. The van der Waals surface area contributed by atoms with E-state index in [0.717, 1.165) is 16.3 Å². The summed E-state index contributed by atoms with van der Waals surface area (Å²) in [7, 11) is 1.38. The highest BCUT2D eigenvalue weighted by molar-refractivity contribution is 7.99. The largest absolute Gasteiger partial charge is 0.416 e. The standard InChI is InChI=1S/C11H13N5O4S/c1-5-6(9(18)16(2)10(19)13-5)3-8-14-15-11(20-8)21-4-7(12)17/h3-4H2,1-2H3,(H2,12,17)(H,13,19). The van der Waals surface area contributed by atoms with Crippen LogP contribution < -0.4 is 17.0 Å². The van der Waals surface area contributed by atoms with Gasteiger partial charge in [0.25, 0.3) is 10.8 Å². The Morgan fingerprint density at radius 3 is 2.81 bits per heavy atom. The molecule has 3 N–H and O–H groups in total. The van der Waals surface area contributed by atoms with Crippen molar-refractivity contribution >= 4 is 17.7 Å². The van der Waals surface area contributed by atoms with Crippen LogP contribution in [0.15, 0.2) is 19.2 Å². The molecule has 9 nitrogen and oxygen atoms in total. The zero-order valence-electron chi connectivity index (χ0n) is 11.4. The van der Waals surface area contributed by atoms with E-state index in [2.05, 4.69) is 15.2 Å². The Kier molecular flexibility index (Phi) is 4.26. The summed E-state index contributed by atoms with van der Waals surface area (Å²) in [5, 5.41) is 7.73. The molecule has 10 heteroatoms. The minimum atomic E-state index is -0.495. The van der Waals surface area contributed by atoms with E-state index in [1.165, 1.54) is 7.05 Å². The van der Waals surface area contributed by atoms with E-state index in [1.807, 2.05) is 0 Å². The van der Waals surface area contributed by atoms with Crippen LogP contribution in [0.3, 0.4) is 0 Å². The fourth-order valence-electron chi connectivity index (χ4n) is 1.64. The summed E-state index contributed by atoms with van der Waals surface area (Å²) in [5.74, 6) is -0.250. The van der Waals surface area contributed by atoms with E-state index in [4.69, 9.17) is 10.2 Å². The third-order valence-corrected chi connectivity index (χ3v) is 3.57. The molecule has 0 unspecified atom stereocenters. The molecular formula is C11H13N5O4S. The Morgan fingerprint density at radius 1 is 1.43 bits per heavy atom. The van der Waals surface area contributed by atoms with Gasteiger partial charge in [-0.3, -0.25) is 14.2 Å². The number of nitrogens with one attached hydrogen (secondary N) is 1. The lowest BCUT2D eigenvalue weighted by Gasteiger charge is -2.04. The van der Waals surface area contributed by atoms with Gasteiger partial charge in [0, 0.05) is 18.3 Å². The molecule has 112 valence electrons. The molecule has 0 radical (unpaired) electrons. The number of nitrogens with two attached hydrogens (primary N) is 1. The van der Waals surface area contributed by atoms with Gasteiger partial charge >= 0.3 is 5.69 Å². The van der Waals surface area contributed by atoms with E-state index in [9.17, 15) is 14.4 Å². The molecule has 1 amide bonds. The number of aromatic amines is 1. The molecular weight excluding hydrogens is 298 g/mol. The van der Waals surface area contributed by atoms with Crippen molar-refractivity contribution in [2.45, 2.75) is 18.6 Å². The van der Waals surface area contributed by atoms with E-state index in [1.54, 1.807) is 6.92 Å². The first kappa shape index (κ1) is 15.0. The van der Waals surface area contributed by atoms with E-state index >= 15 is 0 Å². The number of aryl methyl sites for hydroxylation is 1. The summed E-state index contributed by atoms with van der Waals surface area (Å²) >= 11 is 1.02. The lowest BCUT2D eigenvalue weighted by Crippen LogP contribution is -2.36. The number of amides is 1. The maximum absolute atomic E-state index is 12.0. The highest BCUT2D eigenvalue weighted by Gasteiger charge is 2.14. The Bertz CT molecular complexity index is 791. The maximum atomic E-state index is 12.0. The molecule has 0 spiro atoms. The normalized spacial score (nSPS) is 10.8. The Morgan fingerprint density at radius 2 is 2.14 bits per heavy atom. The Balaban J connectivity index is 2.23. The second-order valence-corrected chi connectivity index (χ2v) is 5.22. The molecule has 0 aliphatic heterocycles. The summed E-state index contributed by atoms with van der Waals surface area (Å²) in [6.07, 6.45) is 0.0966. The molecule has 2 rings (SSSR count). The molecule has 21 heavy (non-hydrogen) atoms. The van der Waals surface area contributed by atoms with Crippen LogP contribution in [0.5, 0.6) is 0 Å². The molecule has 0 fully saturated rings. The lowest BCUT2D eigenvalue weighted by molar-refractivity contribution is -0.115. The van der Waals surface area contributed by atoms with Gasteiger partial charge in [0.2, 0.25) is 11.8 Å². The average molecular weight is 311 g/mol. The van der Waals surface area contributed by atoms with Crippen molar-refractivity contribution in [2.75, 3.05) is 5.75 Å². The lowest BCUT2D eigenvalue weighted by atomic mass is 10.2. The molecule has 2 aromatic heterocycles. The molecule has 0 saturated carbocycles. The predicted molar refractivity (Wildman–Crippen MR) is 74.1 cm³/mol. The van der Waals surface area contributed by atoms with Gasteiger partial charge in [-0.15, -0.1) is 10.2 Å². The van der Waals surface area contributed by atoms with Crippen molar-refractivity contribution in [1.29, 1.82) is 0 Å². The van der Waals surface area contributed by atoms with Gasteiger partial charge in [0.1, 0.15) is 0 Å². The summed E-state index contributed by atoms with van der Waals surface area (Å²) in [6, 6.07) is 0. The van der Waals surface area contributed by atoms with Gasteiger partial charge in [-0.1, -0.05) is 11.8 Å². The second kappa shape index (κ2) is 5.95. The van der Waals surface area contributed by atoms with Crippen LogP contribution in [-0.4, -0.2) is 31.4 Å². The van der Waals surface area contributed by atoms with Crippen molar-refractivity contribution in [3.63, 3.8) is 0 Å². The van der Waals surface area contributed by atoms with Crippen molar-refractivity contribution < 1.29 is 9.21 Å². The van der Waals surface area contributed by atoms with Gasteiger partial charge in [-0.2, -0.15) is 0 Å². The average Bonchev–Trinajstić information content (AvgIpc) is 2.87. The van der Waals surface area contributed by atoms with Crippen LogP contribution in [0, 0.1) is 6.92 Å². The maximum Gasteiger partial charge on any atom is 0.328 e. The summed E-state index contributed by atoms with van der Waals surface area (Å²) < 4.78 is 6.28. The Labute approximate surface area is 122 Å². The smallest absolute Gasteiger partial charge is 0.328 e. The van der Waals surface area contributed by atoms with Crippen molar-refractivity contribution in [3.8, 4) is 0 Å². The van der Waals surface area contributed by atoms with Gasteiger partial charge in [0.05, 0.1) is 12.2 Å². The van der Waals surface area contributed by atoms with E-state index < -0.39 is 17.2 Å². The third-order valence-electron chi connectivity index (χ3n) is 2.73. The first-order valence-electron chi connectivity index (χ1n) is 5.90. The zero-order chi connectivity index (χ0) is 15.6. The van der Waals surface area contributed by atoms with Crippen molar-refractivity contribution in [2.24, 2.45) is 12.8 Å². The summed E-state index contributed by atoms with van der Waals surface area (Å²) in [4.78, 5) is 36.7. The number of rotatable bonds is 5. The Hall–Kier alpha value is -2.36. The molecule has 0 aliphatic carbocycles. The van der Waals surface area contributed by atoms with Crippen LogP contribution in [0.2, 0.25) is 0 Å². The topological polar surface area (TPSA) is 137 Å². The molecule has 2 heterocycles. The number of carbonyl (C=O) groups excluding carboxylic acids is 1. The van der Waals surface area contributed by atoms with Crippen LogP contribution in [0.25, 0.3) is 0 Å². The second-order valence-electron chi connectivity index (χ2n) is 4.29. The van der Waals surface area contributed by atoms with E-state index in [-0.39, 0.29) is 23.3 Å². The molecule has 0 bridgehead atoms.